The minimum absolute atomic E-state index is 0.0247. The molecule has 8 heteroatoms. The first-order chi connectivity index (χ1) is 16.7. The van der Waals surface area contributed by atoms with Crippen LogP contribution in [-0.4, -0.2) is 52.8 Å². The zero-order valence-corrected chi connectivity index (χ0v) is 19.3. The van der Waals surface area contributed by atoms with E-state index in [-0.39, 0.29) is 11.8 Å². The van der Waals surface area contributed by atoms with Crippen LogP contribution in [0, 0.1) is 0 Å². The lowest BCUT2D eigenvalue weighted by molar-refractivity contribution is 0.0303. The Morgan fingerprint density at radius 3 is 2.44 bits per heavy atom. The fraction of sp³-hybridized carbons (Fsp3) is 0.192. The van der Waals surface area contributed by atoms with E-state index in [0.717, 1.165) is 10.4 Å². The number of carbonyl (C=O) groups is 2. The van der Waals surface area contributed by atoms with Crippen LogP contribution in [-0.2, 0) is 11.3 Å². The molecule has 2 aromatic heterocycles. The zero-order chi connectivity index (χ0) is 23.3. The standard InChI is InChI=1S/C26H24N4O3S/c31-25(27-21-10-8-20(9-11-21)26(32)29-12-14-33-15-13-29)22-18-30(17-19-5-2-1-3-6-19)28-24(22)23-7-4-16-34-23/h1-11,16,18H,12-15,17H2,(H,27,31). The summed E-state index contributed by atoms with van der Waals surface area (Å²) in [7, 11) is 0. The van der Waals surface area contributed by atoms with Gasteiger partial charge in [0, 0.05) is 30.5 Å². The van der Waals surface area contributed by atoms with Crippen LogP contribution in [0.2, 0.25) is 0 Å². The third-order valence-corrected chi connectivity index (χ3v) is 6.51. The van der Waals surface area contributed by atoms with E-state index in [1.54, 1.807) is 51.4 Å². The molecule has 0 saturated carbocycles. The molecule has 3 heterocycles. The van der Waals surface area contributed by atoms with Crippen molar-refractivity contribution in [2.45, 2.75) is 6.54 Å². The summed E-state index contributed by atoms with van der Waals surface area (Å²) in [4.78, 5) is 28.6. The Morgan fingerprint density at radius 1 is 0.971 bits per heavy atom. The molecule has 1 fully saturated rings. The van der Waals surface area contributed by atoms with Crippen LogP contribution in [0.1, 0.15) is 26.3 Å². The molecule has 0 unspecified atom stereocenters. The number of hydrogen-bond donors (Lipinski definition) is 1. The van der Waals surface area contributed by atoms with Crippen molar-refractivity contribution in [1.29, 1.82) is 0 Å². The van der Waals surface area contributed by atoms with Gasteiger partial charge in [0.2, 0.25) is 0 Å². The van der Waals surface area contributed by atoms with E-state index in [1.165, 1.54) is 0 Å². The molecule has 0 atom stereocenters. The lowest BCUT2D eigenvalue weighted by Gasteiger charge is -2.26. The molecule has 0 bridgehead atoms. The van der Waals surface area contributed by atoms with Crippen LogP contribution in [0.15, 0.2) is 78.3 Å². The van der Waals surface area contributed by atoms with Gasteiger partial charge in [0.25, 0.3) is 11.8 Å². The number of rotatable bonds is 6. The number of nitrogens with zero attached hydrogens (tertiary/aromatic N) is 3. The number of morpholine rings is 1. The van der Waals surface area contributed by atoms with Gasteiger partial charge in [0.15, 0.2) is 0 Å². The maximum absolute atomic E-state index is 13.2. The van der Waals surface area contributed by atoms with E-state index in [4.69, 9.17) is 9.84 Å². The summed E-state index contributed by atoms with van der Waals surface area (Å²) >= 11 is 1.55. The highest BCUT2D eigenvalue weighted by atomic mass is 32.1. The summed E-state index contributed by atoms with van der Waals surface area (Å²) in [6.07, 6.45) is 1.79. The number of ether oxygens (including phenoxy) is 1. The molecule has 4 aromatic rings. The molecular formula is C26H24N4O3S. The lowest BCUT2D eigenvalue weighted by atomic mass is 10.1. The number of carbonyl (C=O) groups excluding carboxylic acids is 2. The minimum atomic E-state index is -0.241. The van der Waals surface area contributed by atoms with Crippen molar-refractivity contribution in [3.8, 4) is 10.6 Å². The molecule has 172 valence electrons. The van der Waals surface area contributed by atoms with Gasteiger partial charge in [-0.3, -0.25) is 14.3 Å². The Bertz CT molecular complexity index is 1260. The van der Waals surface area contributed by atoms with Crippen LogP contribution >= 0.6 is 11.3 Å². The highest BCUT2D eigenvalue weighted by Crippen LogP contribution is 2.28. The molecule has 0 spiro atoms. The van der Waals surface area contributed by atoms with E-state index in [0.29, 0.717) is 55.4 Å². The van der Waals surface area contributed by atoms with Crippen molar-refractivity contribution in [3.63, 3.8) is 0 Å². The molecule has 1 saturated heterocycles. The van der Waals surface area contributed by atoms with Gasteiger partial charge >= 0.3 is 0 Å². The van der Waals surface area contributed by atoms with E-state index < -0.39 is 0 Å². The molecule has 1 N–H and O–H groups in total. The van der Waals surface area contributed by atoms with Gasteiger partial charge in [0.05, 0.1) is 30.2 Å². The highest BCUT2D eigenvalue weighted by molar-refractivity contribution is 7.13. The van der Waals surface area contributed by atoms with Crippen molar-refractivity contribution < 1.29 is 14.3 Å². The molecule has 2 aromatic carbocycles. The third kappa shape index (κ3) is 4.93. The number of anilines is 1. The Morgan fingerprint density at radius 2 is 1.74 bits per heavy atom. The predicted octanol–water partition coefficient (Wildman–Crippen LogP) is 4.38. The van der Waals surface area contributed by atoms with Crippen LogP contribution in [0.3, 0.4) is 0 Å². The Balaban J connectivity index is 1.34. The molecule has 1 aliphatic heterocycles. The van der Waals surface area contributed by atoms with E-state index in [1.807, 2.05) is 47.8 Å². The number of thiophene rings is 1. The number of benzene rings is 2. The molecular weight excluding hydrogens is 448 g/mol. The lowest BCUT2D eigenvalue weighted by Crippen LogP contribution is -2.40. The first-order valence-electron chi connectivity index (χ1n) is 11.1. The smallest absolute Gasteiger partial charge is 0.259 e. The van der Waals surface area contributed by atoms with Gasteiger partial charge in [-0.2, -0.15) is 5.10 Å². The second kappa shape index (κ2) is 10.0. The topological polar surface area (TPSA) is 76.5 Å². The number of aromatic nitrogens is 2. The van der Waals surface area contributed by atoms with Crippen LogP contribution in [0.4, 0.5) is 5.69 Å². The summed E-state index contributed by atoms with van der Waals surface area (Å²) in [5, 5.41) is 9.63. The molecule has 34 heavy (non-hydrogen) atoms. The molecule has 0 radical (unpaired) electrons. The summed E-state index contributed by atoms with van der Waals surface area (Å²) in [6.45, 7) is 2.88. The number of hydrogen-bond acceptors (Lipinski definition) is 5. The molecule has 0 aliphatic carbocycles. The van der Waals surface area contributed by atoms with E-state index in [9.17, 15) is 9.59 Å². The van der Waals surface area contributed by atoms with Crippen molar-refractivity contribution in [1.82, 2.24) is 14.7 Å². The summed E-state index contributed by atoms with van der Waals surface area (Å²) in [5.74, 6) is -0.265. The number of nitrogens with one attached hydrogen (secondary N) is 1. The van der Waals surface area contributed by atoms with Gasteiger partial charge in [-0.1, -0.05) is 36.4 Å². The second-order valence-electron chi connectivity index (χ2n) is 7.99. The molecule has 5 rings (SSSR count). The van der Waals surface area contributed by atoms with E-state index in [2.05, 4.69) is 5.32 Å². The van der Waals surface area contributed by atoms with Crippen LogP contribution in [0.25, 0.3) is 10.6 Å². The Kier molecular flexibility index (Phi) is 6.51. The third-order valence-electron chi connectivity index (χ3n) is 5.64. The fourth-order valence-corrected chi connectivity index (χ4v) is 4.60. The fourth-order valence-electron chi connectivity index (χ4n) is 3.88. The van der Waals surface area contributed by atoms with Crippen molar-refractivity contribution in [2.75, 3.05) is 31.6 Å². The molecule has 2 amide bonds. The average Bonchev–Trinajstić information content (AvgIpc) is 3.56. The SMILES string of the molecule is O=C(Nc1ccc(C(=O)N2CCOCC2)cc1)c1cn(Cc2ccccc2)nc1-c1cccs1. The Hall–Kier alpha value is -3.75. The Labute approximate surface area is 201 Å². The van der Waals surface area contributed by atoms with Crippen LogP contribution in [0.5, 0.6) is 0 Å². The monoisotopic (exact) mass is 472 g/mol. The maximum Gasteiger partial charge on any atom is 0.259 e. The zero-order valence-electron chi connectivity index (χ0n) is 18.5. The highest BCUT2D eigenvalue weighted by Gasteiger charge is 2.21. The summed E-state index contributed by atoms with van der Waals surface area (Å²) in [5.41, 5.74) is 3.48. The number of amides is 2. The maximum atomic E-state index is 13.2. The van der Waals surface area contributed by atoms with Gasteiger partial charge in [-0.25, -0.2) is 0 Å². The quantitative estimate of drug-likeness (QED) is 0.452. The van der Waals surface area contributed by atoms with E-state index >= 15 is 0 Å². The second-order valence-corrected chi connectivity index (χ2v) is 8.94. The normalized spacial score (nSPS) is 13.6. The van der Waals surface area contributed by atoms with Gasteiger partial charge in [0.1, 0.15) is 5.69 Å². The molecule has 7 nitrogen and oxygen atoms in total. The van der Waals surface area contributed by atoms with Crippen LogP contribution < -0.4 is 5.32 Å². The average molecular weight is 473 g/mol. The van der Waals surface area contributed by atoms with Gasteiger partial charge in [-0.15, -0.1) is 11.3 Å². The summed E-state index contributed by atoms with van der Waals surface area (Å²) < 4.78 is 7.11. The van der Waals surface area contributed by atoms with Gasteiger partial charge < -0.3 is 15.0 Å². The first kappa shape index (κ1) is 22.1. The van der Waals surface area contributed by atoms with Crippen molar-refractivity contribution >= 4 is 28.8 Å². The molecule has 1 aliphatic rings. The van der Waals surface area contributed by atoms with Crippen molar-refractivity contribution in [2.24, 2.45) is 0 Å². The van der Waals surface area contributed by atoms with Gasteiger partial charge in [-0.05, 0) is 41.3 Å². The predicted molar refractivity (Wildman–Crippen MR) is 132 cm³/mol. The minimum Gasteiger partial charge on any atom is -0.378 e. The van der Waals surface area contributed by atoms with Crippen molar-refractivity contribution in [3.05, 3.63) is 95.0 Å². The summed E-state index contributed by atoms with van der Waals surface area (Å²) in [6, 6.07) is 20.9. The first-order valence-corrected chi connectivity index (χ1v) is 12.0. The largest absolute Gasteiger partial charge is 0.378 e.